The summed E-state index contributed by atoms with van der Waals surface area (Å²) in [7, 11) is 0. The molecule has 27 heavy (non-hydrogen) atoms. The number of nitrogens with zero attached hydrogens (tertiary/aromatic N) is 1. The molecule has 1 aromatic carbocycles. The number of likely N-dealkylation sites (N-methyl/N-ethyl adjacent to an activating group) is 1. The number of fused-ring (bicyclic) bond motifs is 1. The Morgan fingerprint density at radius 3 is 2.63 bits per heavy atom. The first-order valence-corrected chi connectivity index (χ1v) is 9.45. The molecular formula is C19H23BrN2O5. The van der Waals surface area contributed by atoms with Crippen molar-refractivity contribution >= 4 is 44.7 Å². The highest BCUT2D eigenvalue weighted by molar-refractivity contribution is 9.10. The molecule has 0 aliphatic rings. The van der Waals surface area contributed by atoms with E-state index in [1.54, 1.807) is 19.9 Å². The Bertz CT molecular complexity index is 859. The highest BCUT2D eigenvalue weighted by Gasteiger charge is 2.22. The molecule has 146 valence electrons. The summed E-state index contributed by atoms with van der Waals surface area (Å²) in [5, 5.41) is 3.52. The van der Waals surface area contributed by atoms with Crippen LogP contribution in [0.1, 0.15) is 36.9 Å². The number of halogens is 1. The largest absolute Gasteiger partial charge is 0.450 e. The van der Waals surface area contributed by atoms with Crippen molar-refractivity contribution in [2.45, 2.75) is 33.7 Å². The van der Waals surface area contributed by atoms with E-state index in [4.69, 9.17) is 9.15 Å². The predicted octanol–water partition coefficient (Wildman–Crippen LogP) is 3.03. The van der Waals surface area contributed by atoms with Gasteiger partial charge in [0.25, 0.3) is 5.91 Å². The molecule has 0 aliphatic heterocycles. The SMILES string of the molecule is CCN(CC(=O)NC(C)C)C(=O)COC(=O)c1oc2ccc(Br)cc2c1C. The zero-order valence-electron chi connectivity index (χ0n) is 15.8. The predicted molar refractivity (Wildman–Crippen MR) is 104 cm³/mol. The quantitative estimate of drug-likeness (QED) is 0.670. The Balaban J connectivity index is 2.00. The van der Waals surface area contributed by atoms with Crippen LogP contribution in [0.2, 0.25) is 0 Å². The van der Waals surface area contributed by atoms with Crippen molar-refractivity contribution in [1.29, 1.82) is 0 Å². The molecule has 8 heteroatoms. The van der Waals surface area contributed by atoms with Crippen LogP contribution < -0.4 is 5.32 Å². The van der Waals surface area contributed by atoms with Crippen LogP contribution in [0.3, 0.4) is 0 Å². The van der Waals surface area contributed by atoms with Crippen LogP contribution >= 0.6 is 15.9 Å². The molecule has 7 nitrogen and oxygen atoms in total. The summed E-state index contributed by atoms with van der Waals surface area (Å²) in [5.74, 6) is -1.35. The van der Waals surface area contributed by atoms with Gasteiger partial charge < -0.3 is 19.4 Å². The van der Waals surface area contributed by atoms with Crippen LogP contribution in [-0.2, 0) is 14.3 Å². The second-order valence-corrected chi connectivity index (χ2v) is 7.32. The fraction of sp³-hybridized carbons (Fsp3) is 0.421. The van der Waals surface area contributed by atoms with Crippen LogP contribution in [0.25, 0.3) is 11.0 Å². The molecule has 0 saturated heterocycles. The Morgan fingerprint density at radius 1 is 1.30 bits per heavy atom. The van der Waals surface area contributed by atoms with Crippen LogP contribution in [-0.4, -0.2) is 48.4 Å². The molecular weight excluding hydrogens is 416 g/mol. The second-order valence-electron chi connectivity index (χ2n) is 6.40. The Hall–Kier alpha value is -2.35. The van der Waals surface area contributed by atoms with Gasteiger partial charge in [-0.3, -0.25) is 9.59 Å². The van der Waals surface area contributed by atoms with Gasteiger partial charge in [0.15, 0.2) is 6.61 Å². The summed E-state index contributed by atoms with van der Waals surface area (Å²) in [6.45, 7) is 6.98. The number of aryl methyl sites for hydroxylation is 1. The van der Waals surface area contributed by atoms with Gasteiger partial charge in [-0.05, 0) is 45.9 Å². The van der Waals surface area contributed by atoms with Crippen molar-refractivity contribution in [1.82, 2.24) is 10.2 Å². The number of rotatable bonds is 7. The maximum atomic E-state index is 12.3. The molecule has 0 spiro atoms. The van der Waals surface area contributed by atoms with Gasteiger partial charge in [-0.1, -0.05) is 15.9 Å². The van der Waals surface area contributed by atoms with Gasteiger partial charge in [0, 0.05) is 28.0 Å². The van der Waals surface area contributed by atoms with Gasteiger partial charge in [0.2, 0.25) is 11.7 Å². The molecule has 1 N–H and O–H groups in total. The molecule has 0 atom stereocenters. The third-order valence-corrected chi connectivity index (χ3v) is 4.42. The minimum atomic E-state index is -0.712. The zero-order valence-corrected chi connectivity index (χ0v) is 17.4. The van der Waals surface area contributed by atoms with Gasteiger partial charge >= 0.3 is 5.97 Å². The van der Waals surface area contributed by atoms with Crippen LogP contribution in [0, 0.1) is 6.92 Å². The molecule has 2 amide bonds. The lowest BCUT2D eigenvalue weighted by molar-refractivity contribution is -0.138. The van der Waals surface area contributed by atoms with E-state index in [-0.39, 0.29) is 24.3 Å². The van der Waals surface area contributed by atoms with E-state index < -0.39 is 18.5 Å². The average Bonchev–Trinajstić information content (AvgIpc) is 2.93. The van der Waals surface area contributed by atoms with E-state index in [2.05, 4.69) is 21.2 Å². The number of esters is 1. The first-order chi connectivity index (χ1) is 12.7. The molecule has 2 aromatic rings. The summed E-state index contributed by atoms with van der Waals surface area (Å²) in [5.41, 5.74) is 1.21. The van der Waals surface area contributed by atoms with Gasteiger partial charge in [-0.2, -0.15) is 0 Å². The molecule has 1 aromatic heterocycles. The number of carbonyl (C=O) groups excluding carboxylic acids is 3. The maximum Gasteiger partial charge on any atom is 0.375 e. The van der Waals surface area contributed by atoms with Crippen LogP contribution in [0.5, 0.6) is 0 Å². The van der Waals surface area contributed by atoms with Gasteiger partial charge in [0.05, 0.1) is 6.54 Å². The number of furan rings is 1. The van der Waals surface area contributed by atoms with Crippen molar-refractivity contribution in [2.75, 3.05) is 19.7 Å². The highest BCUT2D eigenvalue weighted by Crippen LogP contribution is 2.28. The number of amides is 2. The Morgan fingerprint density at radius 2 is 2.00 bits per heavy atom. The third-order valence-electron chi connectivity index (χ3n) is 3.93. The van der Waals surface area contributed by atoms with Crippen molar-refractivity contribution in [3.63, 3.8) is 0 Å². The summed E-state index contributed by atoms with van der Waals surface area (Å²) in [4.78, 5) is 37.7. The average molecular weight is 439 g/mol. The van der Waals surface area contributed by atoms with Crippen molar-refractivity contribution in [3.8, 4) is 0 Å². The van der Waals surface area contributed by atoms with E-state index in [0.717, 1.165) is 9.86 Å². The molecule has 0 bridgehead atoms. The van der Waals surface area contributed by atoms with E-state index in [1.165, 1.54) is 4.90 Å². The lowest BCUT2D eigenvalue weighted by Crippen LogP contribution is -2.44. The molecule has 2 rings (SSSR count). The number of ether oxygens (including phenoxy) is 1. The lowest BCUT2D eigenvalue weighted by Gasteiger charge is -2.20. The van der Waals surface area contributed by atoms with Crippen molar-refractivity contribution in [3.05, 3.63) is 34.0 Å². The first kappa shape index (κ1) is 21.0. The van der Waals surface area contributed by atoms with E-state index in [0.29, 0.717) is 17.7 Å². The normalized spacial score (nSPS) is 10.9. The summed E-state index contributed by atoms with van der Waals surface area (Å²) in [6.07, 6.45) is 0. The second kappa shape index (κ2) is 9.03. The lowest BCUT2D eigenvalue weighted by atomic mass is 10.1. The fourth-order valence-corrected chi connectivity index (χ4v) is 2.95. The summed E-state index contributed by atoms with van der Waals surface area (Å²) >= 11 is 3.38. The first-order valence-electron chi connectivity index (χ1n) is 8.65. The molecule has 0 aliphatic carbocycles. The van der Waals surface area contributed by atoms with Crippen molar-refractivity contribution < 1.29 is 23.5 Å². The number of hydrogen-bond donors (Lipinski definition) is 1. The zero-order chi connectivity index (χ0) is 20.1. The minimum Gasteiger partial charge on any atom is -0.450 e. The number of benzene rings is 1. The fourth-order valence-electron chi connectivity index (χ4n) is 2.59. The van der Waals surface area contributed by atoms with E-state index in [9.17, 15) is 14.4 Å². The smallest absolute Gasteiger partial charge is 0.375 e. The van der Waals surface area contributed by atoms with E-state index >= 15 is 0 Å². The third kappa shape index (κ3) is 5.32. The number of nitrogens with one attached hydrogen (secondary N) is 1. The van der Waals surface area contributed by atoms with E-state index in [1.807, 2.05) is 26.0 Å². The summed E-state index contributed by atoms with van der Waals surface area (Å²) in [6, 6.07) is 5.40. The molecule has 0 saturated carbocycles. The molecule has 0 unspecified atom stereocenters. The Labute approximate surface area is 166 Å². The standard InChI is InChI=1S/C19H23BrN2O5/c1-5-22(9-16(23)21-11(2)3)17(24)10-26-19(25)18-12(4)14-8-13(20)6-7-15(14)27-18/h6-8,11H,5,9-10H2,1-4H3,(H,21,23). The molecule has 0 fully saturated rings. The van der Waals surface area contributed by atoms with Crippen molar-refractivity contribution in [2.24, 2.45) is 0 Å². The number of hydrogen-bond acceptors (Lipinski definition) is 5. The van der Waals surface area contributed by atoms with Crippen LogP contribution in [0.4, 0.5) is 0 Å². The number of carbonyl (C=O) groups is 3. The maximum absolute atomic E-state index is 12.3. The highest BCUT2D eigenvalue weighted by atomic mass is 79.9. The monoisotopic (exact) mass is 438 g/mol. The minimum absolute atomic E-state index is 0.0137. The van der Waals surface area contributed by atoms with Gasteiger partial charge in [0.1, 0.15) is 5.58 Å². The Kier molecular flexibility index (Phi) is 7.01. The van der Waals surface area contributed by atoms with Crippen LogP contribution in [0.15, 0.2) is 27.1 Å². The molecule has 1 heterocycles. The molecule has 0 radical (unpaired) electrons. The summed E-state index contributed by atoms with van der Waals surface area (Å²) < 4.78 is 11.5. The van der Waals surface area contributed by atoms with Gasteiger partial charge in [-0.25, -0.2) is 4.79 Å². The topological polar surface area (TPSA) is 88.9 Å². The van der Waals surface area contributed by atoms with Gasteiger partial charge in [-0.15, -0.1) is 0 Å².